The highest BCUT2D eigenvalue weighted by molar-refractivity contribution is 7.09. The average Bonchev–Trinajstić information content (AvgIpc) is 3.45. The summed E-state index contributed by atoms with van der Waals surface area (Å²) in [6.07, 6.45) is 6.16. The summed E-state index contributed by atoms with van der Waals surface area (Å²) in [7, 11) is 1.71. The van der Waals surface area contributed by atoms with E-state index < -0.39 is 5.82 Å². The number of benzene rings is 1. The summed E-state index contributed by atoms with van der Waals surface area (Å²) < 4.78 is 20.6. The Kier molecular flexibility index (Phi) is 5.98. The lowest BCUT2D eigenvalue weighted by atomic mass is 10.2. The van der Waals surface area contributed by atoms with Crippen molar-refractivity contribution in [2.45, 2.75) is 25.0 Å². The molecule has 1 fully saturated rings. The topological polar surface area (TPSA) is 72.3 Å². The van der Waals surface area contributed by atoms with Gasteiger partial charge in [-0.3, -0.25) is 14.4 Å². The lowest BCUT2D eigenvalue weighted by Crippen LogP contribution is -2.32. The molecule has 1 amide bonds. The first kappa shape index (κ1) is 19.7. The third kappa shape index (κ3) is 4.69. The Bertz CT molecular complexity index is 961. The second kappa shape index (κ2) is 8.81. The van der Waals surface area contributed by atoms with Gasteiger partial charge in [0.1, 0.15) is 10.8 Å². The minimum Gasteiger partial charge on any atom is -0.383 e. The summed E-state index contributed by atoms with van der Waals surface area (Å²) in [6, 6.07) is 6.06. The van der Waals surface area contributed by atoms with Crippen molar-refractivity contribution in [3.05, 3.63) is 64.6 Å². The maximum atomic E-state index is 13.3. The van der Waals surface area contributed by atoms with Gasteiger partial charge in [0.2, 0.25) is 0 Å². The summed E-state index contributed by atoms with van der Waals surface area (Å²) in [5.41, 5.74) is 0.856. The van der Waals surface area contributed by atoms with E-state index in [0.29, 0.717) is 12.3 Å². The molecule has 3 aromatic rings. The molecule has 2 atom stereocenters. The zero-order chi connectivity index (χ0) is 20.2. The quantitative estimate of drug-likeness (QED) is 0.642. The van der Waals surface area contributed by atoms with Gasteiger partial charge in [-0.15, -0.1) is 11.3 Å². The van der Waals surface area contributed by atoms with E-state index >= 15 is 0 Å². The van der Waals surface area contributed by atoms with Crippen LogP contribution in [0.3, 0.4) is 0 Å². The number of ether oxygens (including phenoxy) is 1. The second-order valence-corrected chi connectivity index (χ2v) is 8.01. The van der Waals surface area contributed by atoms with Gasteiger partial charge in [0, 0.05) is 43.0 Å². The van der Waals surface area contributed by atoms with Gasteiger partial charge in [-0.25, -0.2) is 9.37 Å². The van der Waals surface area contributed by atoms with Gasteiger partial charge in [-0.1, -0.05) is 6.07 Å². The predicted octanol–water partition coefficient (Wildman–Crippen LogP) is 3.19. The van der Waals surface area contributed by atoms with Gasteiger partial charge in [0.05, 0.1) is 31.1 Å². The molecule has 0 bridgehead atoms. The molecule has 9 heteroatoms. The summed E-state index contributed by atoms with van der Waals surface area (Å²) in [4.78, 5) is 19.1. The van der Waals surface area contributed by atoms with Gasteiger partial charge in [-0.2, -0.15) is 5.10 Å². The Morgan fingerprint density at radius 2 is 2.34 bits per heavy atom. The number of anilines is 1. The third-order valence-corrected chi connectivity index (χ3v) is 5.77. The van der Waals surface area contributed by atoms with E-state index in [4.69, 9.17) is 4.74 Å². The number of rotatable bonds is 7. The van der Waals surface area contributed by atoms with Crippen LogP contribution in [-0.2, 0) is 11.3 Å². The van der Waals surface area contributed by atoms with Crippen LogP contribution in [0.25, 0.3) is 0 Å². The van der Waals surface area contributed by atoms with E-state index in [9.17, 15) is 9.18 Å². The maximum absolute atomic E-state index is 13.3. The number of hydrogen-bond acceptors (Lipinski definition) is 6. The molecule has 1 N–H and O–H groups in total. The SMILES string of the molecule is COC[C@@H]1C[C@H](n2cc(NC(=O)c3cccc(F)c3)cn2)CN1Cc1nccs1. The van der Waals surface area contributed by atoms with Crippen LogP contribution in [0.4, 0.5) is 10.1 Å². The smallest absolute Gasteiger partial charge is 0.255 e. The van der Waals surface area contributed by atoms with Gasteiger partial charge in [0.15, 0.2) is 0 Å². The minimum absolute atomic E-state index is 0.176. The molecule has 1 aliphatic rings. The number of carbonyl (C=O) groups excluding carboxylic acids is 1. The molecule has 1 aromatic carbocycles. The molecular formula is C20H22FN5O2S. The highest BCUT2D eigenvalue weighted by Gasteiger charge is 2.34. The van der Waals surface area contributed by atoms with E-state index in [1.54, 1.807) is 30.7 Å². The first-order chi connectivity index (χ1) is 14.1. The number of likely N-dealkylation sites (tertiary alicyclic amines) is 1. The van der Waals surface area contributed by atoms with Crippen molar-refractivity contribution in [1.82, 2.24) is 19.7 Å². The molecule has 2 aromatic heterocycles. The zero-order valence-corrected chi connectivity index (χ0v) is 16.8. The van der Waals surface area contributed by atoms with Crippen LogP contribution in [0.1, 0.15) is 27.8 Å². The molecule has 7 nitrogen and oxygen atoms in total. The predicted molar refractivity (Wildman–Crippen MR) is 108 cm³/mol. The second-order valence-electron chi connectivity index (χ2n) is 7.03. The molecule has 152 valence electrons. The highest BCUT2D eigenvalue weighted by atomic mass is 32.1. The van der Waals surface area contributed by atoms with E-state index in [1.807, 2.05) is 22.5 Å². The van der Waals surface area contributed by atoms with Crippen LogP contribution in [0.5, 0.6) is 0 Å². The number of carbonyl (C=O) groups is 1. The lowest BCUT2D eigenvalue weighted by Gasteiger charge is -2.22. The van der Waals surface area contributed by atoms with E-state index in [-0.39, 0.29) is 23.6 Å². The Morgan fingerprint density at radius 1 is 1.45 bits per heavy atom. The van der Waals surface area contributed by atoms with Gasteiger partial charge < -0.3 is 10.1 Å². The molecule has 1 saturated heterocycles. The lowest BCUT2D eigenvalue weighted by molar-refractivity contribution is 0.102. The number of nitrogens with zero attached hydrogens (tertiary/aromatic N) is 4. The molecular weight excluding hydrogens is 393 g/mol. The normalized spacial score (nSPS) is 19.5. The monoisotopic (exact) mass is 415 g/mol. The minimum atomic E-state index is -0.441. The van der Waals surface area contributed by atoms with Crippen molar-refractivity contribution in [3.8, 4) is 0 Å². The van der Waals surface area contributed by atoms with Crippen molar-refractivity contribution in [2.24, 2.45) is 0 Å². The fourth-order valence-electron chi connectivity index (χ4n) is 3.65. The number of hydrogen-bond donors (Lipinski definition) is 1. The molecule has 0 aliphatic carbocycles. The molecule has 29 heavy (non-hydrogen) atoms. The fourth-order valence-corrected chi connectivity index (χ4v) is 4.29. The third-order valence-electron chi connectivity index (χ3n) is 5.01. The van der Waals surface area contributed by atoms with E-state index in [1.165, 1.54) is 18.2 Å². The van der Waals surface area contributed by atoms with Gasteiger partial charge in [0.25, 0.3) is 5.91 Å². The highest BCUT2D eigenvalue weighted by Crippen LogP contribution is 2.29. The zero-order valence-electron chi connectivity index (χ0n) is 16.0. The molecule has 0 radical (unpaired) electrons. The maximum Gasteiger partial charge on any atom is 0.255 e. The number of nitrogens with one attached hydrogen (secondary N) is 1. The van der Waals surface area contributed by atoms with Crippen molar-refractivity contribution >= 4 is 22.9 Å². The van der Waals surface area contributed by atoms with Crippen LogP contribution in [0.2, 0.25) is 0 Å². The molecule has 4 rings (SSSR count). The van der Waals surface area contributed by atoms with Crippen LogP contribution < -0.4 is 5.32 Å². The summed E-state index contributed by atoms with van der Waals surface area (Å²) in [5.74, 6) is -0.804. The van der Waals surface area contributed by atoms with Crippen LogP contribution in [0.15, 0.2) is 48.2 Å². The van der Waals surface area contributed by atoms with Crippen LogP contribution in [-0.4, -0.2) is 51.9 Å². The van der Waals surface area contributed by atoms with Crippen molar-refractivity contribution in [2.75, 3.05) is 25.6 Å². The van der Waals surface area contributed by atoms with Crippen LogP contribution in [0, 0.1) is 5.82 Å². The number of amides is 1. The van der Waals surface area contributed by atoms with Crippen molar-refractivity contribution in [1.29, 1.82) is 0 Å². The fraction of sp³-hybridized carbons (Fsp3) is 0.350. The molecule has 1 aliphatic heterocycles. The Balaban J connectivity index is 1.42. The van der Waals surface area contributed by atoms with Gasteiger partial charge in [-0.05, 0) is 24.6 Å². The molecule has 0 spiro atoms. The number of aromatic nitrogens is 3. The molecule has 3 heterocycles. The molecule has 0 saturated carbocycles. The van der Waals surface area contributed by atoms with Crippen molar-refractivity contribution < 1.29 is 13.9 Å². The van der Waals surface area contributed by atoms with Crippen LogP contribution >= 0.6 is 11.3 Å². The Hall–Kier alpha value is -2.62. The van der Waals surface area contributed by atoms with E-state index in [0.717, 1.165) is 24.5 Å². The Morgan fingerprint density at radius 3 is 3.10 bits per heavy atom. The standard InChI is InChI=1S/C20H22FN5O2S/c1-28-13-18-8-17(11-25(18)12-19-22-5-6-29-19)26-10-16(9-23-26)24-20(27)14-3-2-4-15(21)7-14/h2-7,9-10,17-18H,8,11-13H2,1H3,(H,24,27)/t17-,18-/m0/s1. The van der Waals surface area contributed by atoms with Gasteiger partial charge >= 0.3 is 0 Å². The first-order valence-corrected chi connectivity index (χ1v) is 10.2. The summed E-state index contributed by atoms with van der Waals surface area (Å²) >= 11 is 1.65. The average molecular weight is 415 g/mol. The van der Waals surface area contributed by atoms with Crippen molar-refractivity contribution in [3.63, 3.8) is 0 Å². The Labute approximate surface area is 172 Å². The van der Waals surface area contributed by atoms with E-state index in [2.05, 4.69) is 20.3 Å². The summed E-state index contributed by atoms with van der Waals surface area (Å²) in [6.45, 7) is 2.26. The number of methoxy groups -OCH3 is 1. The number of thiazole rings is 1. The number of halogens is 1. The first-order valence-electron chi connectivity index (χ1n) is 9.35. The summed E-state index contributed by atoms with van der Waals surface area (Å²) in [5, 5.41) is 10.3. The largest absolute Gasteiger partial charge is 0.383 e. The molecule has 0 unspecified atom stereocenters.